The number of aromatic nitrogens is 2. The van der Waals surface area contributed by atoms with Gasteiger partial charge in [-0.25, -0.2) is 0 Å². The largest absolute Gasteiger partial charge is 0.419 e. The number of piperidine rings is 1. The van der Waals surface area contributed by atoms with E-state index in [0.29, 0.717) is 22.7 Å². The molecule has 3 unspecified atom stereocenters. The van der Waals surface area contributed by atoms with Gasteiger partial charge in [0.05, 0.1) is 0 Å². The van der Waals surface area contributed by atoms with Crippen LogP contribution in [0.5, 0.6) is 0 Å². The minimum atomic E-state index is 0.00749. The third-order valence-electron chi connectivity index (χ3n) is 4.31. The fourth-order valence-corrected chi connectivity index (χ4v) is 3.83. The first kappa shape index (κ1) is 13.8. The Kier molecular flexibility index (Phi) is 3.59. The summed E-state index contributed by atoms with van der Waals surface area (Å²) in [5.41, 5.74) is 0.688. The van der Waals surface area contributed by atoms with Crippen molar-refractivity contribution in [3.63, 3.8) is 0 Å². The lowest BCUT2D eigenvalue weighted by molar-refractivity contribution is 0.0924. The summed E-state index contributed by atoms with van der Waals surface area (Å²) in [6.07, 6.45) is 2.50. The van der Waals surface area contributed by atoms with Crippen molar-refractivity contribution in [2.45, 2.75) is 22.6 Å². The fourth-order valence-electron chi connectivity index (χ4n) is 3.18. The van der Waals surface area contributed by atoms with Gasteiger partial charge in [-0.1, -0.05) is 0 Å². The molecule has 2 aliphatic rings. The monoisotopic (exact) mass is 316 g/mol. The lowest BCUT2D eigenvalue weighted by atomic mass is 9.99. The second-order valence-corrected chi connectivity index (χ2v) is 6.74. The third-order valence-corrected chi connectivity index (χ3v) is 5.17. The number of hydrogen-bond acceptors (Lipinski definition) is 6. The van der Waals surface area contributed by atoms with Crippen molar-refractivity contribution in [2.75, 3.05) is 19.6 Å². The second kappa shape index (κ2) is 5.73. The minimum Gasteiger partial charge on any atom is -0.419 e. The van der Waals surface area contributed by atoms with E-state index < -0.39 is 0 Å². The Morgan fingerprint density at radius 2 is 2.18 bits per heavy atom. The molecule has 1 aromatic carbocycles. The number of benzene rings is 1. The Labute approximate surface area is 132 Å². The number of fused-ring (bicyclic) bond motifs is 2. The predicted octanol–water partition coefficient (Wildman–Crippen LogP) is 1.65. The van der Waals surface area contributed by atoms with Gasteiger partial charge in [-0.3, -0.25) is 4.79 Å². The van der Waals surface area contributed by atoms with Crippen LogP contribution in [0.15, 0.2) is 45.2 Å². The molecule has 4 rings (SSSR count). The molecule has 1 amide bonds. The van der Waals surface area contributed by atoms with Crippen LogP contribution in [-0.4, -0.2) is 46.7 Å². The molecule has 0 radical (unpaired) electrons. The summed E-state index contributed by atoms with van der Waals surface area (Å²) in [6.45, 7) is 3.30. The lowest BCUT2D eigenvalue weighted by Gasteiger charge is -2.23. The van der Waals surface area contributed by atoms with E-state index in [1.807, 2.05) is 24.3 Å². The Morgan fingerprint density at radius 1 is 1.32 bits per heavy atom. The van der Waals surface area contributed by atoms with E-state index in [1.165, 1.54) is 31.1 Å². The standard InChI is InChI=1S/C15H16N4O2S/c20-14(17-13-8-19-6-5-11(13)7-19)10-1-3-12(4-2-10)22-15-18-16-9-21-15/h1-4,9,11,13H,5-8H2,(H,17,20). The average molecular weight is 316 g/mol. The van der Waals surface area contributed by atoms with E-state index in [0.717, 1.165) is 18.0 Å². The van der Waals surface area contributed by atoms with Gasteiger partial charge in [0.25, 0.3) is 11.1 Å². The van der Waals surface area contributed by atoms with Crippen LogP contribution in [0.2, 0.25) is 0 Å². The van der Waals surface area contributed by atoms with Crippen LogP contribution in [0, 0.1) is 5.92 Å². The first-order valence-corrected chi connectivity index (χ1v) is 8.17. The Hall–Kier alpha value is -1.86. The van der Waals surface area contributed by atoms with Crippen molar-refractivity contribution in [2.24, 2.45) is 5.92 Å². The quantitative estimate of drug-likeness (QED) is 0.925. The van der Waals surface area contributed by atoms with Gasteiger partial charge < -0.3 is 14.6 Å². The van der Waals surface area contributed by atoms with Crippen LogP contribution in [0.25, 0.3) is 0 Å². The second-order valence-electron chi connectivity index (χ2n) is 5.72. The van der Waals surface area contributed by atoms with Gasteiger partial charge in [0.2, 0.25) is 6.39 Å². The summed E-state index contributed by atoms with van der Waals surface area (Å²) >= 11 is 1.38. The van der Waals surface area contributed by atoms with Gasteiger partial charge in [-0.05, 0) is 54.9 Å². The number of nitrogens with one attached hydrogen (secondary N) is 1. The average Bonchev–Trinajstić information content (AvgIpc) is 3.25. The van der Waals surface area contributed by atoms with Gasteiger partial charge in [0.15, 0.2) is 0 Å². The van der Waals surface area contributed by atoms with Gasteiger partial charge >= 0.3 is 0 Å². The van der Waals surface area contributed by atoms with Crippen molar-refractivity contribution < 1.29 is 9.21 Å². The molecule has 22 heavy (non-hydrogen) atoms. The molecule has 2 aromatic rings. The molecule has 2 aliphatic heterocycles. The van der Waals surface area contributed by atoms with Gasteiger partial charge in [0.1, 0.15) is 0 Å². The van der Waals surface area contributed by atoms with Crippen molar-refractivity contribution in [1.29, 1.82) is 0 Å². The number of nitrogens with zero attached hydrogens (tertiary/aromatic N) is 3. The zero-order valence-electron chi connectivity index (χ0n) is 11.9. The summed E-state index contributed by atoms with van der Waals surface area (Å²) < 4.78 is 5.09. The highest BCUT2D eigenvalue weighted by molar-refractivity contribution is 7.99. The molecule has 7 heteroatoms. The molecule has 0 spiro atoms. The summed E-state index contributed by atoms with van der Waals surface area (Å²) in [7, 11) is 0. The molecule has 2 saturated heterocycles. The van der Waals surface area contributed by atoms with Crippen LogP contribution in [0.1, 0.15) is 16.8 Å². The first-order valence-electron chi connectivity index (χ1n) is 7.35. The minimum absolute atomic E-state index is 0.00749. The maximum absolute atomic E-state index is 12.3. The molecular weight excluding hydrogens is 300 g/mol. The summed E-state index contributed by atoms with van der Waals surface area (Å²) in [5, 5.41) is 11.1. The Bertz CT molecular complexity index is 659. The number of carbonyl (C=O) groups excluding carboxylic acids is 1. The molecule has 3 heterocycles. The van der Waals surface area contributed by atoms with E-state index in [1.54, 1.807) is 0 Å². The van der Waals surface area contributed by atoms with Gasteiger partial charge in [-0.15, -0.1) is 10.2 Å². The summed E-state index contributed by atoms with van der Waals surface area (Å²) in [5.74, 6) is 0.629. The molecule has 114 valence electrons. The zero-order valence-corrected chi connectivity index (χ0v) is 12.8. The van der Waals surface area contributed by atoms with Crippen LogP contribution in [0.4, 0.5) is 0 Å². The van der Waals surface area contributed by atoms with E-state index in [2.05, 4.69) is 20.4 Å². The topological polar surface area (TPSA) is 71.3 Å². The maximum atomic E-state index is 12.3. The number of rotatable bonds is 4. The maximum Gasteiger partial charge on any atom is 0.281 e. The molecule has 3 atom stereocenters. The molecule has 2 bridgehead atoms. The lowest BCUT2D eigenvalue weighted by Crippen LogP contribution is -2.43. The smallest absolute Gasteiger partial charge is 0.281 e. The van der Waals surface area contributed by atoms with Crippen molar-refractivity contribution in [1.82, 2.24) is 20.4 Å². The number of hydrogen-bond donors (Lipinski definition) is 1. The first-order chi connectivity index (χ1) is 10.8. The van der Waals surface area contributed by atoms with Gasteiger partial charge in [0, 0.05) is 29.6 Å². The number of amides is 1. The highest BCUT2D eigenvalue weighted by Gasteiger charge is 2.38. The molecular formula is C15H16N4O2S. The van der Waals surface area contributed by atoms with E-state index >= 15 is 0 Å². The fraction of sp³-hybridized carbons (Fsp3) is 0.400. The SMILES string of the molecule is O=C(NC1CN2CCC1C2)c1ccc(Sc2nnco2)cc1. The van der Waals surface area contributed by atoms with E-state index in [-0.39, 0.29) is 5.91 Å². The van der Waals surface area contributed by atoms with Crippen molar-refractivity contribution >= 4 is 17.7 Å². The van der Waals surface area contributed by atoms with Crippen LogP contribution >= 0.6 is 11.8 Å². The highest BCUT2D eigenvalue weighted by Crippen LogP contribution is 2.28. The Balaban J connectivity index is 1.38. The van der Waals surface area contributed by atoms with Crippen LogP contribution in [0.3, 0.4) is 0 Å². The molecule has 0 saturated carbocycles. The highest BCUT2D eigenvalue weighted by atomic mass is 32.2. The van der Waals surface area contributed by atoms with Gasteiger partial charge in [-0.2, -0.15) is 0 Å². The molecule has 1 aromatic heterocycles. The third kappa shape index (κ3) is 2.74. The van der Waals surface area contributed by atoms with Crippen LogP contribution < -0.4 is 5.32 Å². The zero-order chi connectivity index (χ0) is 14.9. The number of carbonyl (C=O) groups is 1. The summed E-state index contributed by atoms with van der Waals surface area (Å²) in [6, 6.07) is 7.76. The van der Waals surface area contributed by atoms with Crippen molar-refractivity contribution in [3.05, 3.63) is 36.2 Å². The van der Waals surface area contributed by atoms with Crippen LogP contribution in [-0.2, 0) is 0 Å². The van der Waals surface area contributed by atoms with Crippen molar-refractivity contribution in [3.8, 4) is 0 Å². The predicted molar refractivity (Wildman–Crippen MR) is 80.7 cm³/mol. The molecule has 0 aliphatic carbocycles. The Morgan fingerprint density at radius 3 is 2.82 bits per heavy atom. The summed E-state index contributed by atoms with van der Waals surface area (Å²) in [4.78, 5) is 15.7. The van der Waals surface area contributed by atoms with E-state index in [4.69, 9.17) is 4.42 Å². The molecule has 6 nitrogen and oxygen atoms in total. The van der Waals surface area contributed by atoms with E-state index in [9.17, 15) is 4.79 Å². The normalized spacial score (nSPS) is 26.3. The molecule has 2 fully saturated rings. The molecule has 1 N–H and O–H groups in total.